The smallest absolute Gasteiger partial charge is 0.407 e. The van der Waals surface area contributed by atoms with Gasteiger partial charge in [0.2, 0.25) is 5.91 Å². The fourth-order valence-electron chi connectivity index (χ4n) is 5.48. The van der Waals surface area contributed by atoms with Gasteiger partial charge in [0.25, 0.3) is 0 Å². The van der Waals surface area contributed by atoms with Crippen LogP contribution in [0.5, 0.6) is 5.75 Å². The highest BCUT2D eigenvalue weighted by molar-refractivity contribution is 5.73. The Labute approximate surface area is 290 Å². The molecule has 1 aromatic heterocycles. The van der Waals surface area contributed by atoms with Gasteiger partial charge in [0.15, 0.2) is 18.5 Å². The van der Waals surface area contributed by atoms with Gasteiger partial charge in [-0.15, -0.1) is 5.10 Å². The Morgan fingerprint density at radius 1 is 0.900 bits per heavy atom. The van der Waals surface area contributed by atoms with Gasteiger partial charge in [-0.25, -0.2) is 9.48 Å². The average molecular weight is 696 g/mol. The van der Waals surface area contributed by atoms with Crippen LogP contribution in [0, 0.1) is 0 Å². The highest BCUT2D eigenvalue weighted by Crippen LogP contribution is 2.29. The summed E-state index contributed by atoms with van der Waals surface area (Å²) < 4.78 is 35.8. The molecule has 5 unspecified atom stereocenters. The molecule has 0 radical (unpaired) electrons. The van der Waals surface area contributed by atoms with Crippen LogP contribution in [-0.4, -0.2) is 89.8 Å². The van der Waals surface area contributed by atoms with Crippen LogP contribution in [-0.2, 0) is 51.2 Å². The first-order chi connectivity index (χ1) is 24.1. The Morgan fingerprint density at radius 3 is 2.36 bits per heavy atom. The number of methoxy groups -OCH3 is 1. The van der Waals surface area contributed by atoms with Crippen LogP contribution in [0.25, 0.3) is 11.3 Å². The fourth-order valence-corrected chi connectivity index (χ4v) is 5.48. The van der Waals surface area contributed by atoms with Crippen molar-refractivity contribution in [3.05, 3.63) is 66.4 Å². The first-order valence-corrected chi connectivity index (χ1v) is 16.5. The predicted molar refractivity (Wildman–Crippen MR) is 178 cm³/mol. The van der Waals surface area contributed by atoms with Gasteiger partial charge >= 0.3 is 18.0 Å². The maximum Gasteiger partial charge on any atom is 0.407 e. The van der Waals surface area contributed by atoms with E-state index in [4.69, 9.17) is 28.4 Å². The standard InChI is InChI=1S/C35H45N5O10/c1-23(41)37-31-33(49-25(3)43)32(48-24(2)42)30(21-40-20-29(38-39-40)27-15-12-16-28(19-27)45-4)50-34(31)46-18-11-6-5-10-17-36-35(44)47-22-26-13-8-7-9-14-26/h7-9,12-16,19-20,30-34H,5-6,10-11,17-18,21-22H2,1-4H3,(H,36,44)(H,37,41). The van der Waals surface area contributed by atoms with Gasteiger partial charge in [-0.05, 0) is 30.5 Å². The number of carbonyl (C=O) groups excluding carboxylic acids is 4. The number of benzene rings is 2. The van der Waals surface area contributed by atoms with Crippen molar-refractivity contribution in [3.8, 4) is 17.0 Å². The van der Waals surface area contributed by atoms with E-state index in [2.05, 4.69) is 20.9 Å². The SMILES string of the molecule is COc1cccc(-c2cn(CC3OC(OCCCCCCNC(=O)OCc4ccccc4)C(NC(C)=O)C(OC(C)=O)C3OC(C)=O)nn2)c1. The van der Waals surface area contributed by atoms with Crippen molar-refractivity contribution in [2.24, 2.45) is 0 Å². The van der Waals surface area contributed by atoms with Crippen molar-refractivity contribution in [2.75, 3.05) is 20.3 Å². The van der Waals surface area contributed by atoms with Crippen molar-refractivity contribution in [1.29, 1.82) is 0 Å². The molecule has 0 spiro atoms. The number of ether oxygens (including phenoxy) is 6. The van der Waals surface area contributed by atoms with Gasteiger partial charge in [0, 0.05) is 39.5 Å². The highest BCUT2D eigenvalue weighted by Gasteiger charge is 2.51. The Morgan fingerprint density at radius 2 is 1.64 bits per heavy atom. The van der Waals surface area contributed by atoms with E-state index in [1.165, 1.54) is 25.5 Å². The van der Waals surface area contributed by atoms with Crippen LogP contribution in [0.3, 0.4) is 0 Å². The number of amides is 2. The zero-order valence-electron chi connectivity index (χ0n) is 28.7. The molecule has 0 aliphatic carbocycles. The second-order valence-electron chi connectivity index (χ2n) is 11.7. The van der Waals surface area contributed by atoms with Crippen LogP contribution in [0.2, 0.25) is 0 Å². The summed E-state index contributed by atoms with van der Waals surface area (Å²) in [6, 6.07) is 15.8. The topological polar surface area (TPSA) is 178 Å². The van der Waals surface area contributed by atoms with Crippen LogP contribution < -0.4 is 15.4 Å². The van der Waals surface area contributed by atoms with Crippen LogP contribution in [0.4, 0.5) is 4.79 Å². The third-order valence-electron chi connectivity index (χ3n) is 7.73. The minimum Gasteiger partial charge on any atom is -0.497 e. The summed E-state index contributed by atoms with van der Waals surface area (Å²) in [7, 11) is 1.57. The quantitative estimate of drug-likeness (QED) is 0.119. The molecule has 5 atom stereocenters. The zero-order chi connectivity index (χ0) is 35.9. The van der Waals surface area contributed by atoms with Gasteiger partial charge in [-0.3, -0.25) is 14.4 Å². The Bertz CT molecular complexity index is 1550. The molecule has 2 heterocycles. The number of nitrogens with zero attached hydrogens (tertiary/aromatic N) is 3. The number of hydrogen-bond acceptors (Lipinski definition) is 12. The second kappa shape index (κ2) is 19.2. The minimum absolute atomic E-state index is 0.0557. The van der Waals surface area contributed by atoms with E-state index in [-0.39, 0.29) is 19.8 Å². The van der Waals surface area contributed by atoms with Gasteiger partial charge in [-0.1, -0.05) is 60.5 Å². The molecule has 0 bridgehead atoms. The third-order valence-corrected chi connectivity index (χ3v) is 7.73. The molecule has 2 aromatic carbocycles. The van der Waals surface area contributed by atoms with Crippen molar-refractivity contribution in [3.63, 3.8) is 0 Å². The number of esters is 2. The molecular weight excluding hydrogens is 650 g/mol. The molecule has 2 N–H and O–H groups in total. The molecule has 2 amide bonds. The number of nitrogens with one attached hydrogen (secondary N) is 2. The summed E-state index contributed by atoms with van der Waals surface area (Å²) >= 11 is 0. The van der Waals surface area contributed by atoms with Crippen molar-refractivity contribution in [2.45, 2.75) is 90.2 Å². The number of unbranched alkanes of at least 4 members (excludes halogenated alkanes) is 3. The van der Waals surface area contributed by atoms with Crippen molar-refractivity contribution < 1.29 is 47.6 Å². The maximum absolute atomic E-state index is 12.3. The molecule has 50 heavy (non-hydrogen) atoms. The van der Waals surface area contributed by atoms with E-state index < -0.39 is 54.6 Å². The van der Waals surface area contributed by atoms with E-state index in [0.717, 1.165) is 30.4 Å². The van der Waals surface area contributed by atoms with E-state index in [1.807, 2.05) is 54.6 Å². The van der Waals surface area contributed by atoms with Crippen LogP contribution >= 0.6 is 0 Å². The normalized spacial score (nSPS) is 20.0. The summed E-state index contributed by atoms with van der Waals surface area (Å²) in [4.78, 5) is 48.7. The largest absolute Gasteiger partial charge is 0.497 e. The maximum atomic E-state index is 12.3. The molecule has 270 valence electrons. The number of hydrogen-bond donors (Lipinski definition) is 2. The minimum atomic E-state index is -1.13. The molecule has 4 rings (SSSR count). The van der Waals surface area contributed by atoms with Gasteiger partial charge in [-0.2, -0.15) is 0 Å². The summed E-state index contributed by atoms with van der Waals surface area (Å²) in [5.41, 5.74) is 2.26. The average Bonchev–Trinajstić information content (AvgIpc) is 3.56. The first kappa shape index (κ1) is 37.8. The number of alkyl carbamates (subject to hydrolysis) is 1. The van der Waals surface area contributed by atoms with E-state index in [9.17, 15) is 19.2 Å². The summed E-state index contributed by atoms with van der Waals surface area (Å²) in [5.74, 6) is -1.03. The number of rotatable bonds is 17. The van der Waals surface area contributed by atoms with Gasteiger partial charge < -0.3 is 39.1 Å². The molecule has 1 aliphatic rings. The molecule has 1 fully saturated rings. The summed E-state index contributed by atoms with van der Waals surface area (Å²) in [6.45, 7) is 4.76. The predicted octanol–water partition coefficient (Wildman–Crippen LogP) is 3.55. The molecule has 1 aliphatic heterocycles. The van der Waals surface area contributed by atoms with E-state index >= 15 is 0 Å². The molecule has 15 heteroatoms. The molecule has 3 aromatic rings. The summed E-state index contributed by atoms with van der Waals surface area (Å²) in [5, 5.41) is 14.0. The molecular formula is C35H45N5O10. The van der Waals surface area contributed by atoms with Crippen molar-refractivity contribution >= 4 is 23.9 Å². The van der Waals surface area contributed by atoms with Gasteiger partial charge in [0.05, 0.1) is 19.9 Å². The van der Waals surface area contributed by atoms with E-state index in [1.54, 1.807) is 13.3 Å². The molecule has 1 saturated heterocycles. The lowest BCUT2D eigenvalue weighted by Gasteiger charge is -2.45. The first-order valence-electron chi connectivity index (χ1n) is 16.5. The Hall–Kier alpha value is -5.02. The fraction of sp³-hybridized carbons (Fsp3) is 0.486. The van der Waals surface area contributed by atoms with Gasteiger partial charge in [0.1, 0.15) is 30.2 Å². The monoisotopic (exact) mass is 695 g/mol. The number of carbonyl (C=O) groups is 4. The zero-order valence-corrected chi connectivity index (χ0v) is 28.7. The second-order valence-corrected chi connectivity index (χ2v) is 11.7. The lowest BCUT2D eigenvalue weighted by atomic mass is 9.95. The summed E-state index contributed by atoms with van der Waals surface area (Å²) in [6.07, 6.45) is 0.0459. The lowest BCUT2D eigenvalue weighted by molar-refractivity contribution is -0.274. The highest BCUT2D eigenvalue weighted by atomic mass is 16.7. The Balaban J connectivity index is 1.36. The van der Waals surface area contributed by atoms with Crippen molar-refractivity contribution in [1.82, 2.24) is 25.6 Å². The van der Waals surface area contributed by atoms with Crippen LogP contribution in [0.1, 0.15) is 52.0 Å². The molecule has 15 nitrogen and oxygen atoms in total. The molecule has 0 saturated carbocycles. The van der Waals surface area contributed by atoms with Crippen LogP contribution in [0.15, 0.2) is 60.8 Å². The third kappa shape index (κ3) is 11.8. The lowest BCUT2D eigenvalue weighted by Crippen LogP contribution is -2.66. The number of aromatic nitrogens is 3. The van der Waals surface area contributed by atoms with E-state index in [0.29, 0.717) is 24.4 Å². The Kier molecular flexibility index (Phi) is 14.5.